The zero-order chi connectivity index (χ0) is 15.1. The Balaban J connectivity index is 2.06. The van der Waals surface area contributed by atoms with E-state index in [9.17, 15) is 0 Å². The summed E-state index contributed by atoms with van der Waals surface area (Å²) >= 11 is 6.31. The molecule has 0 aliphatic carbocycles. The Morgan fingerprint density at radius 2 is 1.67 bits per heavy atom. The lowest BCUT2D eigenvalue weighted by atomic mass is 9.80. The summed E-state index contributed by atoms with van der Waals surface area (Å²) in [6.07, 6.45) is 0.439. The summed E-state index contributed by atoms with van der Waals surface area (Å²) in [5.74, 6) is 0.772. The molecule has 1 saturated heterocycles. The van der Waals surface area contributed by atoms with Gasteiger partial charge in [-0.3, -0.25) is 0 Å². The molecular weight excluding hydrogens is 282 g/mol. The number of benzene rings is 2. The molecule has 0 bridgehead atoms. The zero-order valence-electron chi connectivity index (χ0n) is 12.7. The number of nitrogens with two attached hydrogens (primary N) is 1. The summed E-state index contributed by atoms with van der Waals surface area (Å²) < 4.78 is 5.96. The largest absolute Gasteiger partial charge is 0.375 e. The van der Waals surface area contributed by atoms with Gasteiger partial charge in [-0.1, -0.05) is 48.9 Å². The fourth-order valence-electron chi connectivity index (χ4n) is 3.70. The molecule has 2 nitrogen and oxygen atoms in total. The van der Waals surface area contributed by atoms with E-state index in [2.05, 4.69) is 39.0 Å². The van der Waals surface area contributed by atoms with E-state index < -0.39 is 0 Å². The molecular formula is C18H22ClNO. The summed E-state index contributed by atoms with van der Waals surface area (Å²) in [6, 6.07) is 12.2. The van der Waals surface area contributed by atoms with Gasteiger partial charge in [-0.25, -0.2) is 0 Å². The summed E-state index contributed by atoms with van der Waals surface area (Å²) in [5.41, 5.74) is 7.80. The van der Waals surface area contributed by atoms with Crippen LogP contribution in [0.1, 0.15) is 32.4 Å². The first-order valence-corrected chi connectivity index (χ1v) is 7.96. The van der Waals surface area contributed by atoms with Crippen molar-refractivity contribution in [2.75, 3.05) is 0 Å². The molecule has 1 heterocycles. The van der Waals surface area contributed by atoms with E-state index in [-0.39, 0.29) is 18.2 Å². The normalized spacial score (nSPS) is 30.7. The van der Waals surface area contributed by atoms with E-state index in [1.54, 1.807) is 0 Å². The van der Waals surface area contributed by atoms with Crippen LogP contribution in [0.5, 0.6) is 0 Å². The van der Waals surface area contributed by atoms with Crippen LogP contribution in [0.2, 0.25) is 5.02 Å². The zero-order valence-corrected chi connectivity index (χ0v) is 13.5. The Labute approximate surface area is 131 Å². The van der Waals surface area contributed by atoms with Gasteiger partial charge in [0.05, 0.1) is 12.2 Å². The molecule has 112 valence electrons. The predicted molar refractivity (Wildman–Crippen MR) is 88.5 cm³/mol. The van der Waals surface area contributed by atoms with Gasteiger partial charge in [0.15, 0.2) is 0 Å². The second-order valence-corrected chi connectivity index (χ2v) is 6.60. The quantitative estimate of drug-likeness (QED) is 0.883. The molecule has 0 saturated carbocycles. The fourth-order valence-corrected chi connectivity index (χ4v) is 3.92. The van der Waals surface area contributed by atoms with Gasteiger partial charge in [-0.2, -0.15) is 0 Å². The van der Waals surface area contributed by atoms with Crippen LogP contribution in [0.3, 0.4) is 0 Å². The number of fused-ring (bicyclic) bond motifs is 1. The molecule has 3 heteroatoms. The van der Waals surface area contributed by atoms with Gasteiger partial charge < -0.3 is 10.5 Å². The second kappa shape index (κ2) is 5.60. The molecule has 21 heavy (non-hydrogen) atoms. The number of ether oxygens (including phenoxy) is 1. The molecule has 2 aromatic carbocycles. The molecule has 0 spiro atoms. The van der Waals surface area contributed by atoms with Gasteiger partial charge in [-0.05, 0) is 36.8 Å². The molecule has 1 fully saturated rings. The van der Waals surface area contributed by atoms with Gasteiger partial charge in [0.25, 0.3) is 0 Å². The second-order valence-electron chi connectivity index (χ2n) is 6.19. The van der Waals surface area contributed by atoms with Gasteiger partial charge in [0.2, 0.25) is 0 Å². The van der Waals surface area contributed by atoms with Crippen LogP contribution in [0.15, 0.2) is 36.4 Å². The van der Waals surface area contributed by atoms with E-state index in [4.69, 9.17) is 22.1 Å². The van der Waals surface area contributed by atoms with Crippen LogP contribution in [0, 0.1) is 11.8 Å². The lowest BCUT2D eigenvalue weighted by Crippen LogP contribution is -2.30. The molecule has 3 rings (SSSR count). The number of rotatable bonds is 2. The molecule has 0 radical (unpaired) electrons. The standard InChI is InChI=1S/C18H22ClNO/c1-10-11(2)21-12(3)17(10)18(20)15-8-9-16(19)14-7-5-4-6-13(14)15/h4-12,17-18H,20H2,1-3H3. The third kappa shape index (κ3) is 2.46. The maximum Gasteiger partial charge on any atom is 0.0600 e. The predicted octanol–water partition coefficient (Wildman–Crippen LogP) is 4.55. The first-order valence-electron chi connectivity index (χ1n) is 7.59. The highest BCUT2D eigenvalue weighted by Crippen LogP contribution is 2.41. The van der Waals surface area contributed by atoms with Crippen LogP contribution < -0.4 is 5.73 Å². The maximum atomic E-state index is 6.64. The minimum Gasteiger partial charge on any atom is -0.375 e. The van der Waals surface area contributed by atoms with Crippen molar-refractivity contribution in [3.63, 3.8) is 0 Å². The Morgan fingerprint density at radius 1 is 1.00 bits per heavy atom. The molecule has 2 aromatic rings. The van der Waals surface area contributed by atoms with Gasteiger partial charge in [0, 0.05) is 22.4 Å². The Kier molecular flexibility index (Phi) is 3.96. The van der Waals surface area contributed by atoms with E-state index in [1.807, 2.05) is 18.2 Å². The van der Waals surface area contributed by atoms with E-state index in [0.717, 1.165) is 21.4 Å². The maximum absolute atomic E-state index is 6.64. The first kappa shape index (κ1) is 14.8. The fraction of sp³-hybridized carbons (Fsp3) is 0.444. The number of hydrogen-bond acceptors (Lipinski definition) is 2. The summed E-state index contributed by atoms with van der Waals surface area (Å²) in [4.78, 5) is 0. The SMILES string of the molecule is CC1OC(C)C(C(N)c2ccc(Cl)c3ccccc23)C1C. The van der Waals surface area contributed by atoms with Crippen molar-refractivity contribution in [1.29, 1.82) is 0 Å². The van der Waals surface area contributed by atoms with Crippen molar-refractivity contribution in [3.05, 3.63) is 47.0 Å². The van der Waals surface area contributed by atoms with Crippen LogP contribution in [-0.4, -0.2) is 12.2 Å². The topological polar surface area (TPSA) is 35.2 Å². The minimum atomic E-state index is -0.0397. The molecule has 0 amide bonds. The monoisotopic (exact) mass is 303 g/mol. The van der Waals surface area contributed by atoms with Crippen molar-refractivity contribution in [3.8, 4) is 0 Å². The van der Waals surface area contributed by atoms with Crippen LogP contribution in [0.25, 0.3) is 10.8 Å². The molecule has 5 atom stereocenters. The molecule has 2 N–H and O–H groups in total. The van der Waals surface area contributed by atoms with Gasteiger partial charge in [0.1, 0.15) is 0 Å². The summed E-state index contributed by atoms with van der Waals surface area (Å²) in [6.45, 7) is 6.49. The Bertz CT molecular complexity index is 657. The van der Waals surface area contributed by atoms with Crippen LogP contribution >= 0.6 is 11.6 Å². The van der Waals surface area contributed by atoms with Crippen molar-refractivity contribution in [2.24, 2.45) is 17.6 Å². The highest BCUT2D eigenvalue weighted by molar-refractivity contribution is 6.35. The van der Waals surface area contributed by atoms with E-state index >= 15 is 0 Å². The number of halogens is 1. The van der Waals surface area contributed by atoms with Gasteiger partial charge in [-0.15, -0.1) is 0 Å². The average molecular weight is 304 g/mol. The molecule has 1 aliphatic heterocycles. The van der Waals surface area contributed by atoms with E-state index in [1.165, 1.54) is 0 Å². The van der Waals surface area contributed by atoms with Crippen LogP contribution in [0.4, 0.5) is 0 Å². The Morgan fingerprint density at radius 3 is 2.29 bits per heavy atom. The highest BCUT2D eigenvalue weighted by atomic mass is 35.5. The molecule has 5 unspecified atom stereocenters. The average Bonchev–Trinajstić information content (AvgIpc) is 2.72. The smallest absolute Gasteiger partial charge is 0.0600 e. The van der Waals surface area contributed by atoms with Crippen LogP contribution in [-0.2, 0) is 4.74 Å². The van der Waals surface area contributed by atoms with E-state index in [0.29, 0.717) is 11.8 Å². The lowest BCUT2D eigenvalue weighted by molar-refractivity contribution is 0.0490. The van der Waals surface area contributed by atoms with Crippen molar-refractivity contribution in [2.45, 2.75) is 39.0 Å². The van der Waals surface area contributed by atoms with Crippen molar-refractivity contribution in [1.82, 2.24) is 0 Å². The molecule has 1 aliphatic rings. The molecule has 0 aromatic heterocycles. The lowest BCUT2D eigenvalue weighted by Gasteiger charge is -2.27. The minimum absolute atomic E-state index is 0.0397. The first-order chi connectivity index (χ1) is 10.0. The third-order valence-corrected chi connectivity index (χ3v) is 5.33. The van der Waals surface area contributed by atoms with Crippen molar-refractivity contribution >= 4 is 22.4 Å². The Hall–Kier alpha value is -1.09. The highest BCUT2D eigenvalue weighted by Gasteiger charge is 2.41. The summed E-state index contributed by atoms with van der Waals surface area (Å²) in [5, 5.41) is 2.99. The summed E-state index contributed by atoms with van der Waals surface area (Å²) in [7, 11) is 0. The van der Waals surface area contributed by atoms with Gasteiger partial charge >= 0.3 is 0 Å². The van der Waals surface area contributed by atoms with Crippen molar-refractivity contribution < 1.29 is 4.74 Å². The third-order valence-electron chi connectivity index (χ3n) is 5.00. The number of hydrogen-bond donors (Lipinski definition) is 1.